The van der Waals surface area contributed by atoms with E-state index in [1.165, 1.54) is 12.1 Å². The van der Waals surface area contributed by atoms with Crippen LogP contribution in [0.3, 0.4) is 0 Å². The molecule has 0 aliphatic rings. The van der Waals surface area contributed by atoms with Gasteiger partial charge in [0, 0.05) is 30.1 Å². The van der Waals surface area contributed by atoms with Gasteiger partial charge in [0.05, 0.1) is 4.92 Å². The Bertz CT molecular complexity index is 555. The second kappa shape index (κ2) is 5.18. The van der Waals surface area contributed by atoms with Gasteiger partial charge in [-0.15, -0.1) is 0 Å². The molecule has 0 unspecified atom stereocenters. The van der Waals surface area contributed by atoms with E-state index in [9.17, 15) is 10.1 Å². The third-order valence-electron chi connectivity index (χ3n) is 2.49. The summed E-state index contributed by atoms with van der Waals surface area (Å²) < 4.78 is 0. The van der Waals surface area contributed by atoms with Crippen LogP contribution < -0.4 is 11.1 Å². The highest BCUT2D eigenvalue weighted by Crippen LogP contribution is 2.22. The van der Waals surface area contributed by atoms with Crippen LogP contribution in [-0.2, 0) is 6.54 Å². The lowest BCUT2D eigenvalue weighted by Crippen LogP contribution is -2.01. The Labute approximate surface area is 104 Å². The van der Waals surface area contributed by atoms with E-state index in [1.54, 1.807) is 6.07 Å². The van der Waals surface area contributed by atoms with Crippen molar-refractivity contribution < 1.29 is 4.92 Å². The molecule has 0 heterocycles. The molecular formula is C13H13N3O2. The van der Waals surface area contributed by atoms with Gasteiger partial charge in [-0.2, -0.15) is 0 Å². The van der Waals surface area contributed by atoms with Crippen molar-refractivity contribution in [1.29, 1.82) is 0 Å². The molecule has 0 aromatic heterocycles. The van der Waals surface area contributed by atoms with Crippen molar-refractivity contribution in [2.24, 2.45) is 0 Å². The molecule has 0 radical (unpaired) electrons. The SMILES string of the molecule is Nc1cc(NCc2ccccc2)cc([N+](=O)[O-])c1. The normalized spacial score (nSPS) is 10.0. The van der Waals surface area contributed by atoms with E-state index in [0.29, 0.717) is 17.9 Å². The van der Waals surface area contributed by atoms with Crippen LogP contribution >= 0.6 is 0 Å². The number of anilines is 2. The molecule has 2 aromatic carbocycles. The summed E-state index contributed by atoms with van der Waals surface area (Å²) in [7, 11) is 0. The molecule has 2 aromatic rings. The maximum Gasteiger partial charge on any atom is 0.273 e. The number of non-ortho nitro benzene ring substituents is 1. The molecule has 0 aliphatic heterocycles. The fourth-order valence-corrected chi connectivity index (χ4v) is 1.64. The van der Waals surface area contributed by atoms with Crippen LogP contribution in [0.1, 0.15) is 5.56 Å². The summed E-state index contributed by atoms with van der Waals surface area (Å²) in [6, 6.07) is 14.3. The maximum absolute atomic E-state index is 10.7. The molecule has 0 amide bonds. The molecule has 5 nitrogen and oxygen atoms in total. The largest absolute Gasteiger partial charge is 0.398 e. The van der Waals surface area contributed by atoms with Crippen molar-refractivity contribution in [2.45, 2.75) is 6.54 Å². The average Bonchev–Trinajstić information content (AvgIpc) is 2.37. The average molecular weight is 243 g/mol. The first-order chi connectivity index (χ1) is 8.65. The Balaban J connectivity index is 2.12. The molecule has 0 atom stereocenters. The number of nitro benzene ring substituents is 1. The van der Waals surface area contributed by atoms with Gasteiger partial charge in [0.25, 0.3) is 5.69 Å². The fraction of sp³-hybridized carbons (Fsp3) is 0.0769. The van der Waals surface area contributed by atoms with Crippen molar-refractivity contribution in [2.75, 3.05) is 11.1 Å². The topological polar surface area (TPSA) is 81.2 Å². The number of nitrogen functional groups attached to an aromatic ring is 1. The Morgan fingerprint density at radius 3 is 2.56 bits per heavy atom. The van der Waals surface area contributed by atoms with Crippen LogP contribution in [0, 0.1) is 10.1 Å². The second-order valence-electron chi connectivity index (χ2n) is 3.91. The van der Waals surface area contributed by atoms with E-state index in [-0.39, 0.29) is 5.69 Å². The van der Waals surface area contributed by atoms with E-state index >= 15 is 0 Å². The Morgan fingerprint density at radius 2 is 1.89 bits per heavy atom. The first kappa shape index (κ1) is 11.9. The summed E-state index contributed by atoms with van der Waals surface area (Å²) in [5, 5.41) is 13.8. The molecule has 0 aliphatic carbocycles. The summed E-state index contributed by atoms with van der Waals surface area (Å²) >= 11 is 0. The first-order valence-corrected chi connectivity index (χ1v) is 5.48. The minimum Gasteiger partial charge on any atom is -0.398 e. The number of hydrogen-bond donors (Lipinski definition) is 2. The monoisotopic (exact) mass is 243 g/mol. The van der Waals surface area contributed by atoms with Crippen molar-refractivity contribution in [3.63, 3.8) is 0 Å². The zero-order chi connectivity index (χ0) is 13.0. The van der Waals surface area contributed by atoms with Crippen LogP contribution in [0.2, 0.25) is 0 Å². The lowest BCUT2D eigenvalue weighted by molar-refractivity contribution is -0.384. The summed E-state index contributed by atoms with van der Waals surface area (Å²) in [6.45, 7) is 0.599. The van der Waals surface area contributed by atoms with Crippen molar-refractivity contribution in [3.05, 3.63) is 64.2 Å². The summed E-state index contributed by atoms with van der Waals surface area (Å²) in [4.78, 5) is 10.2. The van der Waals surface area contributed by atoms with E-state index in [4.69, 9.17) is 5.73 Å². The van der Waals surface area contributed by atoms with Crippen LogP contribution in [0.25, 0.3) is 0 Å². The van der Waals surface area contributed by atoms with Crippen LogP contribution in [0.4, 0.5) is 17.1 Å². The lowest BCUT2D eigenvalue weighted by Gasteiger charge is -2.07. The maximum atomic E-state index is 10.7. The van der Waals surface area contributed by atoms with Crippen molar-refractivity contribution in [1.82, 2.24) is 0 Å². The van der Waals surface area contributed by atoms with Gasteiger partial charge in [0.2, 0.25) is 0 Å². The zero-order valence-electron chi connectivity index (χ0n) is 9.67. The number of nitro groups is 1. The van der Waals surface area contributed by atoms with Gasteiger partial charge >= 0.3 is 0 Å². The van der Waals surface area contributed by atoms with Gasteiger partial charge in [-0.1, -0.05) is 30.3 Å². The summed E-state index contributed by atoms with van der Waals surface area (Å²) in [5.41, 5.74) is 7.73. The smallest absolute Gasteiger partial charge is 0.273 e. The highest BCUT2D eigenvalue weighted by molar-refractivity contribution is 5.61. The molecule has 5 heteroatoms. The second-order valence-corrected chi connectivity index (χ2v) is 3.91. The number of rotatable bonds is 4. The highest BCUT2D eigenvalue weighted by atomic mass is 16.6. The predicted octanol–water partition coefficient (Wildman–Crippen LogP) is 2.79. The molecule has 3 N–H and O–H groups in total. The van der Waals surface area contributed by atoms with Crippen molar-refractivity contribution >= 4 is 17.1 Å². The molecule has 2 rings (SSSR count). The quantitative estimate of drug-likeness (QED) is 0.491. The fourth-order valence-electron chi connectivity index (χ4n) is 1.64. The Kier molecular flexibility index (Phi) is 3.43. The first-order valence-electron chi connectivity index (χ1n) is 5.48. The molecule has 0 saturated carbocycles. The van der Waals surface area contributed by atoms with Gasteiger partial charge in [0.15, 0.2) is 0 Å². The number of nitrogens with zero attached hydrogens (tertiary/aromatic N) is 1. The van der Waals surface area contributed by atoms with Gasteiger partial charge in [0.1, 0.15) is 0 Å². The van der Waals surface area contributed by atoms with Gasteiger partial charge in [-0.25, -0.2) is 0 Å². The number of nitrogens with one attached hydrogen (secondary N) is 1. The summed E-state index contributed by atoms with van der Waals surface area (Å²) in [6.07, 6.45) is 0. The lowest BCUT2D eigenvalue weighted by atomic mass is 10.2. The van der Waals surface area contributed by atoms with Gasteiger partial charge in [-0.05, 0) is 11.6 Å². The zero-order valence-corrected chi connectivity index (χ0v) is 9.67. The van der Waals surface area contributed by atoms with Crippen LogP contribution in [-0.4, -0.2) is 4.92 Å². The molecule has 92 valence electrons. The predicted molar refractivity (Wildman–Crippen MR) is 71.3 cm³/mol. The minimum atomic E-state index is -0.454. The van der Waals surface area contributed by atoms with Crippen LogP contribution in [0.15, 0.2) is 48.5 Å². The van der Waals surface area contributed by atoms with E-state index < -0.39 is 4.92 Å². The van der Waals surface area contributed by atoms with E-state index in [0.717, 1.165) is 5.56 Å². The van der Waals surface area contributed by atoms with E-state index in [2.05, 4.69) is 5.32 Å². The number of nitrogens with two attached hydrogens (primary N) is 1. The number of benzene rings is 2. The Hall–Kier alpha value is -2.56. The van der Waals surface area contributed by atoms with E-state index in [1.807, 2.05) is 30.3 Å². The summed E-state index contributed by atoms with van der Waals surface area (Å²) in [5.74, 6) is 0. The molecule has 0 bridgehead atoms. The van der Waals surface area contributed by atoms with Gasteiger partial charge < -0.3 is 11.1 Å². The molecular weight excluding hydrogens is 230 g/mol. The third kappa shape index (κ3) is 2.98. The van der Waals surface area contributed by atoms with Gasteiger partial charge in [-0.3, -0.25) is 10.1 Å². The molecule has 18 heavy (non-hydrogen) atoms. The third-order valence-corrected chi connectivity index (χ3v) is 2.49. The Morgan fingerprint density at radius 1 is 1.17 bits per heavy atom. The minimum absolute atomic E-state index is 0.00874. The standard InChI is InChI=1S/C13H13N3O2/c14-11-6-12(8-13(7-11)16(17)18)15-9-10-4-2-1-3-5-10/h1-8,15H,9,14H2. The molecule has 0 fully saturated rings. The number of hydrogen-bond acceptors (Lipinski definition) is 4. The molecule has 0 saturated heterocycles. The van der Waals surface area contributed by atoms with Crippen molar-refractivity contribution in [3.8, 4) is 0 Å². The molecule has 0 spiro atoms. The van der Waals surface area contributed by atoms with Crippen LogP contribution in [0.5, 0.6) is 0 Å². The highest BCUT2D eigenvalue weighted by Gasteiger charge is 2.08.